The van der Waals surface area contributed by atoms with Gasteiger partial charge in [0.15, 0.2) is 0 Å². The molecule has 0 bridgehead atoms. The number of hydrogen-bond donors (Lipinski definition) is 1. The summed E-state index contributed by atoms with van der Waals surface area (Å²) in [4.78, 5) is 56.1. The summed E-state index contributed by atoms with van der Waals surface area (Å²) in [7, 11) is 0. The number of aromatic amines is 1. The van der Waals surface area contributed by atoms with Gasteiger partial charge in [0.1, 0.15) is 5.25 Å². The van der Waals surface area contributed by atoms with Gasteiger partial charge < -0.3 is 9.72 Å². The number of carbonyl (C=O) groups excluding carboxylic acids is 3. The zero-order valence-electron chi connectivity index (χ0n) is 17.0. The first-order chi connectivity index (χ1) is 15.0. The van der Waals surface area contributed by atoms with E-state index in [1.165, 1.54) is 28.0 Å². The highest BCUT2D eigenvalue weighted by atomic mass is 32.2. The fraction of sp³-hybridized carbons (Fsp3) is 0.455. The number of thiazole rings is 1. The molecule has 2 aromatic rings. The minimum absolute atomic E-state index is 0.131. The van der Waals surface area contributed by atoms with Crippen molar-refractivity contribution in [3.05, 3.63) is 44.4 Å². The van der Waals surface area contributed by atoms with E-state index in [0.29, 0.717) is 11.3 Å². The molecule has 7 nitrogen and oxygen atoms in total. The third kappa shape index (κ3) is 3.09. The molecule has 5 rings (SSSR count). The van der Waals surface area contributed by atoms with Crippen molar-refractivity contribution in [3.8, 4) is 0 Å². The van der Waals surface area contributed by atoms with Crippen molar-refractivity contribution in [1.82, 2.24) is 4.98 Å². The maximum absolute atomic E-state index is 13.7. The number of nitrogens with zero attached hydrogens (tertiary/aromatic N) is 1. The summed E-state index contributed by atoms with van der Waals surface area (Å²) in [6.07, 6.45) is 4.68. The number of rotatable bonds is 3. The number of aromatic nitrogens is 1. The van der Waals surface area contributed by atoms with E-state index in [1.54, 1.807) is 31.2 Å². The fourth-order valence-electron chi connectivity index (χ4n) is 5.22. The van der Waals surface area contributed by atoms with Crippen LogP contribution in [0.25, 0.3) is 0 Å². The molecule has 162 valence electrons. The van der Waals surface area contributed by atoms with Gasteiger partial charge in [-0.05, 0) is 44.0 Å². The molecule has 0 radical (unpaired) electrons. The molecule has 1 N–H and O–H groups in total. The Balaban J connectivity index is 1.53. The number of nitrogens with one attached hydrogen (secondary N) is 1. The van der Waals surface area contributed by atoms with Gasteiger partial charge in [0.25, 0.3) is 0 Å². The highest BCUT2D eigenvalue weighted by molar-refractivity contribution is 8.00. The van der Waals surface area contributed by atoms with Crippen molar-refractivity contribution in [2.45, 2.75) is 54.7 Å². The van der Waals surface area contributed by atoms with E-state index in [2.05, 4.69) is 4.98 Å². The van der Waals surface area contributed by atoms with Crippen molar-refractivity contribution in [2.24, 2.45) is 5.92 Å². The summed E-state index contributed by atoms with van der Waals surface area (Å²) in [5.74, 6) is -1.38. The van der Waals surface area contributed by atoms with Crippen LogP contribution >= 0.6 is 23.1 Å². The first-order valence-electron chi connectivity index (χ1n) is 10.5. The van der Waals surface area contributed by atoms with Gasteiger partial charge in [-0.3, -0.25) is 14.4 Å². The molecular weight excluding hydrogens is 436 g/mol. The maximum atomic E-state index is 13.7. The molecule has 3 heterocycles. The molecule has 2 atom stereocenters. The van der Waals surface area contributed by atoms with Crippen molar-refractivity contribution in [1.29, 1.82) is 0 Å². The Hall–Kier alpha value is -2.39. The minimum atomic E-state index is -0.548. The van der Waals surface area contributed by atoms with Crippen molar-refractivity contribution in [3.63, 3.8) is 0 Å². The SMILES string of the molecule is CCOC(=O)c1ccc(N2C(=O)[C@@H]3Sc4[nH]c(=O)sc4C4(CCCCC4)[C@H]3C2=O)cc1. The first-order valence-corrected chi connectivity index (χ1v) is 12.2. The molecule has 2 amide bonds. The van der Waals surface area contributed by atoms with Crippen LogP contribution in [-0.4, -0.2) is 34.6 Å². The van der Waals surface area contributed by atoms with E-state index in [4.69, 9.17) is 4.74 Å². The van der Waals surface area contributed by atoms with Gasteiger partial charge in [0.05, 0.1) is 28.8 Å². The second-order valence-corrected chi connectivity index (χ2v) is 10.3. The number of hydrogen-bond acceptors (Lipinski definition) is 7. The maximum Gasteiger partial charge on any atom is 0.338 e. The Morgan fingerprint density at radius 1 is 1.13 bits per heavy atom. The average molecular weight is 459 g/mol. The highest BCUT2D eigenvalue weighted by Gasteiger charge is 2.62. The van der Waals surface area contributed by atoms with Crippen LogP contribution < -0.4 is 9.77 Å². The van der Waals surface area contributed by atoms with Crippen molar-refractivity contribution in [2.75, 3.05) is 11.5 Å². The lowest BCUT2D eigenvalue weighted by Crippen LogP contribution is -2.46. The number of carbonyl (C=O) groups is 3. The van der Waals surface area contributed by atoms with Gasteiger partial charge in [-0.1, -0.05) is 42.4 Å². The molecule has 0 unspecified atom stereocenters. The lowest BCUT2D eigenvalue weighted by Gasteiger charge is -2.44. The summed E-state index contributed by atoms with van der Waals surface area (Å²) >= 11 is 2.50. The predicted octanol–water partition coefficient (Wildman–Crippen LogP) is 3.48. The number of esters is 1. The van der Waals surface area contributed by atoms with Crippen LogP contribution in [0.15, 0.2) is 34.1 Å². The van der Waals surface area contributed by atoms with Gasteiger partial charge in [-0.15, -0.1) is 0 Å². The number of thioether (sulfide) groups is 1. The van der Waals surface area contributed by atoms with Crippen LogP contribution in [0, 0.1) is 5.92 Å². The lowest BCUT2D eigenvalue weighted by molar-refractivity contribution is -0.123. The van der Waals surface area contributed by atoms with Gasteiger partial charge in [-0.25, -0.2) is 9.69 Å². The van der Waals surface area contributed by atoms with Gasteiger partial charge in [0, 0.05) is 10.3 Å². The van der Waals surface area contributed by atoms with E-state index >= 15 is 0 Å². The van der Waals surface area contributed by atoms with Crippen LogP contribution in [0.4, 0.5) is 5.69 Å². The third-order valence-electron chi connectivity index (χ3n) is 6.54. The van der Waals surface area contributed by atoms with Gasteiger partial charge in [-0.2, -0.15) is 0 Å². The summed E-state index contributed by atoms with van der Waals surface area (Å²) < 4.78 is 5.01. The van der Waals surface area contributed by atoms with Gasteiger partial charge >= 0.3 is 10.8 Å². The Bertz CT molecular complexity index is 1110. The Labute approximate surface area is 187 Å². The zero-order valence-corrected chi connectivity index (χ0v) is 18.6. The Morgan fingerprint density at radius 2 is 1.84 bits per heavy atom. The topological polar surface area (TPSA) is 96.5 Å². The largest absolute Gasteiger partial charge is 0.462 e. The summed E-state index contributed by atoms with van der Waals surface area (Å²) in [5, 5.41) is 0.201. The smallest absolute Gasteiger partial charge is 0.338 e. The van der Waals surface area contributed by atoms with E-state index < -0.39 is 22.6 Å². The Kier molecular flexibility index (Phi) is 5.05. The summed E-state index contributed by atoms with van der Waals surface area (Å²) in [5.41, 5.74) is 0.375. The second kappa shape index (κ2) is 7.63. The number of ether oxygens (including phenoxy) is 1. The van der Waals surface area contributed by atoms with Crippen LogP contribution in [-0.2, 0) is 19.7 Å². The normalized spacial score (nSPS) is 24.2. The van der Waals surface area contributed by atoms with E-state index in [1.807, 2.05) is 0 Å². The van der Waals surface area contributed by atoms with E-state index in [-0.39, 0.29) is 23.3 Å². The van der Waals surface area contributed by atoms with Crippen LogP contribution in [0.2, 0.25) is 0 Å². The van der Waals surface area contributed by atoms with E-state index in [0.717, 1.165) is 42.0 Å². The molecule has 1 aromatic carbocycles. The van der Waals surface area contributed by atoms with Crippen LogP contribution in [0.3, 0.4) is 0 Å². The monoisotopic (exact) mass is 458 g/mol. The highest BCUT2D eigenvalue weighted by Crippen LogP contribution is 2.59. The molecule has 1 spiro atoms. The van der Waals surface area contributed by atoms with Crippen molar-refractivity contribution < 1.29 is 19.1 Å². The Morgan fingerprint density at radius 3 is 2.52 bits per heavy atom. The number of fused-ring (bicyclic) bond motifs is 4. The second-order valence-electron chi connectivity index (χ2n) is 8.18. The molecule has 1 saturated heterocycles. The van der Waals surface area contributed by atoms with Crippen molar-refractivity contribution >= 4 is 46.6 Å². The van der Waals surface area contributed by atoms with Crippen LogP contribution in [0.5, 0.6) is 0 Å². The van der Waals surface area contributed by atoms with Crippen LogP contribution in [0.1, 0.15) is 54.3 Å². The first kappa shape index (κ1) is 20.5. The number of amides is 2. The summed E-state index contributed by atoms with van der Waals surface area (Å²) in [6, 6.07) is 6.39. The standard InChI is InChI=1S/C22H22N2O5S2/c1-2-29-20(27)12-6-8-13(9-7-12)24-18(25)14-15(19(24)26)30-17-16(31-21(28)23-17)22(14)10-4-3-5-11-22/h6-9,14-15H,2-5,10-11H2,1H3,(H,23,28)/t14-,15-/m1/s1. The average Bonchev–Trinajstić information content (AvgIpc) is 3.27. The third-order valence-corrected chi connectivity index (χ3v) is 9.05. The molecular formula is C22H22N2O5S2. The zero-order chi connectivity index (χ0) is 21.8. The molecule has 1 saturated carbocycles. The molecule has 3 aliphatic rings. The number of anilines is 1. The van der Waals surface area contributed by atoms with E-state index in [9.17, 15) is 19.2 Å². The number of benzene rings is 1. The molecule has 31 heavy (non-hydrogen) atoms. The number of H-pyrrole nitrogens is 1. The summed E-state index contributed by atoms with van der Waals surface area (Å²) in [6.45, 7) is 2.01. The molecule has 1 aromatic heterocycles. The quantitative estimate of drug-likeness (QED) is 0.559. The molecule has 9 heteroatoms. The molecule has 2 fully saturated rings. The minimum Gasteiger partial charge on any atom is -0.462 e. The van der Waals surface area contributed by atoms with Gasteiger partial charge in [0.2, 0.25) is 11.8 Å². The predicted molar refractivity (Wildman–Crippen MR) is 118 cm³/mol. The lowest BCUT2D eigenvalue weighted by atomic mass is 9.64. The number of imide groups is 1. The molecule has 1 aliphatic carbocycles. The fourth-order valence-corrected chi connectivity index (χ4v) is 8.01. The molecule has 2 aliphatic heterocycles.